The number of anilines is 1. The Balaban J connectivity index is 3.00. The summed E-state index contributed by atoms with van der Waals surface area (Å²) >= 11 is 0. The van der Waals surface area contributed by atoms with Crippen LogP contribution in [0.15, 0.2) is 12.1 Å². The molecule has 0 amide bonds. The summed E-state index contributed by atoms with van der Waals surface area (Å²) in [6, 6.07) is 2.20. The van der Waals surface area contributed by atoms with Gasteiger partial charge < -0.3 is 21.1 Å². The van der Waals surface area contributed by atoms with Gasteiger partial charge in [0.25, 0.3) is 0 Å². The number of aliphatic hydroxyl groups is 3. The van der Waals surface area contributed by atoms with Crippen molar-refractivity contribution in [1.29, 1.82) is 0 Å². The molecule has 0 bridgehead atoms. The Kier molecular flexibility index (Phi) is 4.17. The zero-order chi connectivity index (χ0) is 12.3. The number of nitrogen functional groups attached to an aromatic ring is 1. The second-order valence-corrected chi connectivity index (χ2v) is 3.40. The van der Waals surface area contributed by atoms with Crippen LogP contribution >= 0.6 is 0 Å². The molecular formula is C10H13F2NO3. The Hall–Kier alpha value is -1.24. The Morgan fingerprint density at radius 2 is 1.81 bits per heavy atom. The van der Waals surface area contributed by atoms with Crippen LogP contribution in [-0.4, -0.2) is 28.0 Å². The third-order valence-corrected chi connectivity index (χ3v) is 2.25. The van der Waals surface area contributed by atoms with Crippen LogP contribution in [0, 0.1) is 11.6 Å². The zero-order valence-corrected chi connectivity index (χ0v) is 8.40. The van der Waals surface area contributed by atoms with Gasteiger partial charge in [-0.15, -0.1) is 0 Å². The fourth-order valence-corrected chi connectivity index (χ4v) is 1.31. The lowest BCUT2D eigenvalue weighted by atomic mass is 10.0. The number of benzene rings is 1. The molecule has 2 unspecified atom stereocenters. The van der Waals surface area contributed by atoms with E-state index in [-0.39, 0.29) is 24.3 Å². The van der Waals surface area contributed by atoms with E-state index in [1.54, 1.807) is 0 Å². The fourth-order valence-electron chi connectivity index (χ4n) is 1.31. The number of aliphatic hydroxyl groups excluding tert-OH is 3. The number of rotatable bonds is 4. The molecule has 0 spiro atoms. The number of nitrogens with two attached hydrogens (primary N) is 1. The van der Waals surface area contributed by atoms with Crippen LogP contribution in [-0.2, 0) is 0 Å². The first-order valence-corrected chi connectivity index (χ1v) is 4.69. The van der Waals surface area contributed by atoms with Crippen molar-refractivity contribution in [2.75, 3.05) is 12.3 Å². The largest absolute Gasteiger partial charge is 0.396 e. The Morgan fingerprint density at radius 1 is 1.19 bits per heavy atom. The minimum atomic E-state index is -1.60. The van der Waals surface area contributed by atoms with Crippen LogP contribution in [0.2, 0.25) is 0 Å². The van der Waals surface area contributed by atoms with E-state index in [2.05, 4.69) is 0 Å². The molecule has 0 aliphatic heterocycles. The van der Waals surface area contributed by atoms with Crippen molar-refractivity contribution in [3.05, 3.63) is 29.3 Å². The summed E-state index contributed by atoms with van der Waals surface area (Å²) in [4.78, 5) is 0. The Bertz CT molecular complexity index is 373. The maximum absolute atomic E-state index is 13.3. The highest BCUT2D eigenvalue weighted by Gasteiger charge is 2.23. The monoisotopic (exact) mass is 233 g/mol. The van der Waals surface area contributed by atoms with E-state index < -0.39 is 23.8 Å². The molecule has 1 aromatic rings. The fraction of sp³-hybridized carbons (Fsp3) is 0.400. The smallest absolute Gasteiger partial charge is 0.182 e. The van der Waals surface area contributed by atoms with Crippen LogP contribution in [0.25, 0.3) is 0 Å². The molecule has 6 heteroatoms. The lowest BCUT2D eigenvalue weighted by Crippen LogP contribution is -2.21. The summed E-state index contributed by atoms with van der Waals surface area (Å²) in [6.07, 6.45) is -3.09. The first-order chi connectivity index (χ1) is 7.49. The highest BCUT2D eigenvalue weighted by atomic mass is 19.2. The van der Waals surface area contributed by atoms with E-state index >= 15 is 0 Å². The summed E-state index contributed by atoms with van der Waals surface area (Å²) in [6.45, 7) is -0.364. The topological polar surface area (TPSA) is 86.7 Å². The van der Waals surface area contributed by atoms with Gasteiger partial charge in [-0.1, -0.05) is 6.07 Å². The minimum Gasteiger partial charge on any atom is -0.396 e. The molecule has 5 N–H and O–H groups in total. The summed E-state index contributed by atoms with van der Waals surface area (Å²) in [5.74, 6) is -2.54. The van der Waals surface area contributed by atoms with Gasteiger partial charge in [0.2, 0.25) is 0 Å². The molecule has 90 valence electrons. The van der Waals surface area contributed by atoms with Crippen molar-refractivity contribution < 1.29 is 24.1 Å². The molecule has 0 saturated carbocycles. The van der Waals surface area contributed by atoms with Crippen LogP contribution in [0.5, 0.6) is 0 Å². The van der Waals surface area contributed by atoms with Gasteiger partial charge in [0.15, 0.2) is 11.6 Å². The molecule has 0 aliphatic rings. The maximum atomic E-state index is 13.3. The summed E-state index contributed by atoms with van der Waals surface area (Å²) in [7, 11) is 0. The van der Waals surface area contributed by atoms with Crippen LogP contribution in [0.3, 0.4) is 0 Å². The second kappa shape index (κ2) is 5.20. The summed E-state index contributed by atoms with van der Waals surface area (Å²) < 4.78 is 26.4. The van der Waals surface area contributed by atoms with Crippen LogP contribution < -0.4 is 5.73 Å². The molecule has 1 aromatic carbocycles. The van der Waals surface area contributed by atoms with Gasteiger partial charge in [-0.05, 0) is 12.5 Å². The average Bonchev–Trinajstić information content (AvgIpc) is 2.26. The normalized spacial score (nSPS) is 14.8. The van der Waals surface area contributed by atoms with E-state index in [9.17, 15) is 19.0 Å². The van der Waals surface area contributed by atoms with Crippen molar-refractivity contribution in [1.82, 2.24) is 0 Å². The van der Waals surface area contributed by atoms with Crippen LogP contribution in [0.4, 0.5) is 14.5 Å². The van der Waals surface area contributed by atoms with Crippen molar-refractivity contribution >= 4 is 5.69 Å². The molecule has 0 saturated heterocycles. The van der Waals surface area contributed by atoms with Gasteiger partial charge in [0, 0.05) is 12.2 Å². The number of halogens is 2. The van der Waals surface area contributed by atoms with Gasteiger partial charge in [-0.25, -0.2) is 8.78 Å². The molecule has 0 radical (unpaired) electrons. The van der Waals surface area contributed by atoms with E-state index in [1.807, 2.05) is 0 Å². The van der Waals surface area contributed by atoms with Gasteiger partial charge in [-0.2, -0.15) is 0 Å². The minimum absolute atomic E-state index is 0.132. The molecule has 0 aliphatic carbocycles. The van der Waals surface area contributed by atoms with Crippen molar-refractivity contribution in [3.63, 3.8) is 0 Å². The van der Waals surface area contributed by atoms with Gasteiger partial charge >= 0.3 is 0 Å². The zero-order valence-electron chi connectivity index (χ0n) is 8.40. The van der Waals surface area contributed by atoms with Crippen molar-refractivity contribution in [2.24, 2.45) is 0 Å². The molecular weight excluding hydrogens is 220 g/mol. The lowest BCUT2D eigenvalue weighted by Gasteiger charge is -2.18. The molecule has 4 nitrogen and oxygen atoms in total. The summed E-state index contributed by atoms with van der Waals surface area (Å²) in [5, 5.41) is 27.4. The SMILES string of the molecule is Nc1ccc(C(O)C(O)CCO)c(F)c1F. The van der Waals surface area contributed by atoms with E-state index in [4.69, 9.17) is 10.8 Å². The Labute approximate surface area is 90.9 Å². The third kappa shape index (κ3) is 2.46. The molecule has 1 rings (SSSR count). The predicted molar refractivity (Wildman–Crippen MR) is 53.4 cm³/mol. The number of hydrogen-bond donors (Lipinski definition) is 4. The highest BCUT2D eigenvalue weighted by Crippen LogP contribution is 2.26. The van der Waals surface area contributed by atoms with Crippen LogP contribution in [0.1, 0.15) is 18.1 Å². The molecule has 0 heterocycles. The number of hydrogen-bond acceptors (Lipinski definition) is 4. The van der Waals surface area contributed by atoms with E-state index in [1.165, 1.54) is 0 Å². The van der Waals surface area contributed by atoms with E-state index in [0.29, 0.717) is 0 Å². The van der Waals surface area contributed by atoms with Gasteiger partial charge in [0.1, 0.15) is 6.10 Å². The maximum Gasteiger partial charge on any atom is 0.182 e. The summed E-state index contributed by atoms with van der Waals surface area (Å²) in [5.41, 5.74) is 4.37. The standard InChI is InChI=1S/C10H13F2NO3/c11-8-5(1-2-6(13)9(8)12)10(16)7(15)3-4-14/h1-2,7,10,14-16H,3-4,13H2. The van der Waals surface area contributed by atoms with Gasteiger partial charge in [-0.3, -0.25) is 0 Å². The second-order valence-electron chi connectivity index (χ2n) is 3.40. The first-order valence-electron chi connectivity index (χ1n) is 4.69. The molecule has 2 atom stereocenters. The highest BCUT2D eigenvalue weighted by molar-refractivity contribution is 5.43. The Morgan fingerprint density at radius 3 is 2.38 bits per heavy atom. The average molecular weight is 233 g/mol. The van der Waals surface area contributed by atoms with Crippen molar-refractivity contribution in [2.45, 2.75) is 18.6 Å². The van der Waals surface area contributed by atoms with E-state index in [0.717, 1.165) is 12.1 Å². The van der Waals surface area contributed by atoms with Gasteiger partial charge in [0.05, 0.1) is 11.8 Å². The quantitative estimate of drug-likeness (QED) is 0.564. The molecule has 0 aromatic heterocycles. The van der Waals surface area contributed by atoms with Crippen molar-refractivity contribution in [3.8, 4) is 0 Å². The molecule has 0 fully saturated rings. The third-order valence-electron chi connectivity index (χ3n) is 2.25. The first kappa shape index (κ1) is 12.8. The molecule has 16 heavy (non-hydrogen) atoms. The predicted octanol–water partition coefficient (Wildman–Crippen LogP) is 0.324. The lowest BCUT2D eigenvalue weighted by molar-refractivity contribution is 0.00207.